The van der Waals surface area contributed by atoms with Gasteiger partial charge in [-0.15, -0.1) is 0 Å². The molecule has 1 amide bonds. The first-order valence-electron chi connectivity index (χ1n) is 6.11. The van der Waals surface area contributed by atoms with Crippen LogP contribution in [0, 0.1) is 6.92 Å². The van der Waals surface area contributed by atoms with Gasteiger partial charge in [-0.1, -0.05) is 6.07 Å². The number of nitrogens with one attached hydrogen (secondary N) is 1. The summed E-state index contributed by atoms with van der Waals surface area (Å²) in [6.07, 6.45) is 3.77. The highest BCUT2D eigenvalue weighted by atomic mass is 16.2. The van der Waals surface area contributed by atoms with Crippen LogP contribution in [-0.4, -0.2) is 16.9 Å². The fourth-order valence-corrected chi connectivity index (χ4v) is 2.14. The van der Waals surface area contributed by atoms with Gasteiger partial charge in [-0.25, -0.2) is 0 Å². The molecular formula is C14H15N3O. The van der Waals surface area contributed by atoms with E-state index in [0.29, 0.717) is 17.4 Å². The Morgan fingerprint density at radius 3 is 2.89 bits per heavy atom. The van der Waals surface area contributed by atoms with Crippen molar-refractivity contribution in [2.24, 2.45) is 0 Å². The number of aromatic nitrogens is 1. The lowest BCUT2D eigenvalue weighted by atomic mass is 10.0. The topological polar surface area (TPSA) is 68.0 Å². The van der Waals surface area contributed by atoms with E-state index in [1.165, 1.54) is 0 Å². The van der Waals surface area contributed by atoms with Crippen LogP contribution >= 0.6 is 0 Å². The summed E-state index contributed by atoms with van der Waals surface area (Å²) < 4.78 is 0. The van der Waals surface area contributed by atoms with Gasteiger partial charge in [0.2, 0.25) is 0 Å². The number of hydrogen-bond donors (Lipinski definition) is 2. The predicted octanol–water partition coefficient (Wildman–Crippen LogP) is 2.02. The molecule has 1 fully saturated rings. The van der Waals surface area contributed by atoms with Crippen LogP contribution in [0.5, 0.6) is 0 Å². The highest BCUT2D eigenvalue weighted by molar-refractivity contribution is 6.09. The molecule has 0 radical (unpaired) electrons. The van der Waals surface area contributed by atoms with Crippen molar-refractivity contribution in [3.63, 3.8) is 0 Å². The summed E-state index contributed by atoms with van der Waals surface area (Å²) in [5, 5.41) is 4.72. The molecule has 1 aromatic heterocycles. The van der Waals surface area contributed by atoms with Crippen molar-refractivity contribution < 1.29 is 4.79 Å². The maximum Gasteiger partial charge on any atom is 0.270 e. The van der Waals surface area contributed by atoms with Gasteiger partial charge < -0.3 is 11.1 Å². The molecule has 3 N–H and O–H groups in total. The Morgan fingerprint density at radius 2 is 2.17 bits per heavy atom. The summed E-state index contributed by atoms with van der Waals surface area (Å²) in [6.45, 7) is 1.97. The second kappa shape index (κ2) is 3.98. The second-order valence-corrected chi connectivity index (χ2v) is 4.80. The number of anilines is 1. The van der Waals surface area contributed by atoms with Crippen molar-refractivity contribution in [1.29, 1.82) is 0 Å². The third-order valence-corrected chi connectivity index (χ3v) is 3.30. The number of hydrogen-bond acceptors (Lipinski definition) is 3. The van der Waals surface area contributed by atoms with Gasteiger partial charge in [-0.2, -0.15) is 0 Å². The molecule has 4 nitrogen and oxygen atoms in total. The Balaban J connectivity index is 2.16. The average Bonchev–Trinajstić information content (AvgIpc) is 3.17. The maximum atomic E-state index is 12.2. The van der Waals surface area contributed by atoms with Crippen molar-refractivity contribution in [2.75, 3.05) is 5.73 Å². The molecule has 3 rings (SSSR count). The van der Waals surface area contributed by atoms with Crippen molar-refractivity contribution in [3.8, 4) is 0 Å². The highest BCUT2D eigenvalue weighted by Crippen LogP contribution is 2.27. The molecule has 92 valence electrons. The summed E-state index contributed by atoms with van der Waals surface area (Å²) in [7, 11) is 0. The molecule has 1 heterocycles. The van der Waals surface area contributed by atoms with E-state index in [1.54, 1.807) is 6.20 Å². The summed E-state index contributed by atoms with van der Waals surface area (Å²) >= 11 is 0. The zero-order chi connectivity index (χ0) is 12.7. The normalized spacial score (nSPS) is 14.7. The summed E-state index contributed by atoms with van der Waals surface area (Å²) in [4.78, 5) is 16.4. The summed E-state index contributed by atoms with van der Waals surface area (Å²) in [6, 6.07) is 5.97. The predicted molar refractivity (Wildman–Crippen MR) is 71.4 cm³/mol. The van der Waals surface area contributed by atoms with Crippen molar-refractivity contribution >= 4 is 22.4 Å². The van der Waals surface area contributed by atoms with Gasteiger partial charge in [0.25, 0.3) is 5.91 Å². The highest BCUT2D eigenvalue weighted by Gasteiger charge is 2.25. The Bertz CT molecular complexity index is 632. The van der Waals surface area contributed by atoms with Gasteiger partial charge in [-0.05, 0) is 37.5 Å². The molecule has 1 aromatic carbocycles. The Kier molecular flexibility index (Phi) is 2.44. The van der Waals surface area contributed by atoms with E-state index in [4.69, 9.17) is 5.73 Å². The first kappa shape index (κ1) is 11.0. The summed E-state index contributed by atoms with van der Waals surface area (Å²) in [5.74, 6) is -0.100. The molecule has 0 bridgehead atoms. The molecule has 1 aliphatic rings. The molecule has 0 aliphatic heterocycles. The minimum absolute atomic E-state index is 0.100. The lowest BCUT2D eigenvalue weighted by Gasteiger charge is -2.10. The molecule has 0 unspecified atom stereocenters. The number of rotatable bonds is 2. The van der Waals surface area contributed by atoms with Crippen molar-refractivity contribution in [3.05, 3.63) is 35.7 Å². The van der Waals surface area contributed by atoms with Crippen LogP contribution in [0.4, 0.5) is 5.69 Å². The minimum atomic E-state index is -0.100. The third-order valence-electron chi connectivity index (χ3n) is 3.30. The summed E-state index contributed by atoms with van der Waals surface area (Å²) in [5.41, 5.74) is 8.13. The van der Waals surface area contributed by atoms with Gasteiger partial charge >= 0.3 is 0 Å². The lowest BCUT2D eigenvalue weighted by molar-refractivity contribution is 0.0948. The number of aryl methyl sites for hydroxylation is 1. The first-order valence-corrected chi connectivity index (χ1v) is 6.11. The number of carbonyl (C=O) groups excluding carboxylic acids is 1. The Labute approximate surface area is 105 Å². The van der Waals surface area contributed by atoms with Crippen LogP contribution in [0.3, 0.4) is 0 Å². The van der Waals surface area contributed by atoms with E-state index in [9.17, 15) is 4.79 Å². The second-order valence-electron chi connectivity index (χ2n) is 4.80. The number of nitrogens with zero attached hydrogens (tertiary/aromatic N) is 1. The largest absolute Gasteiger partial charge is 0.398 e. The van der Waals surface area contributed by atoms with Gasteiger partial charge in [0.1, 0.15) is 5.69 Å². The van der Waals surface area contributed by atoms with Crippen molar-refractivity contribution in [2.45, 2.75) is 25.8 Å². The molecule has 18 heavy (non-hydrogen) atoms. The minimum Gasteiger partial charge on any atom is -0.398 e. The maximum absolute atomic E-state index is 12.2. The molecule has 0 atom stereocenters. The molecule has 1 saturated carbocycles. The third kappa shape index (κ3) is 1.79. The van der Waals surface area contributed by atoms with E-state index in [2.05, 4.69) is 10.3 Å². The monoisotopic (exact) mass is 241 g/mol. The average molecular weight is 241 g/mol. The van der Waals surface area contributed by atoms with Gasteiger partial charge in [0.05, 0.1) is 0 Å². The molecule has 0 spiro atoms. The number of fused-ring (bicyclic) bond motifs is 1. The van der Waals surface area contributed by atoms with Crippen LogP contribution in [0.25, 0.3) is 10.8 Å². The molecular weight excluding hydrogens is 226 g/mol. The number of pyridine rings is 1. The molecule has 1 aliphatic carbocycles. The number of amides is 1. The van der Waals surface area contributed by atoms with E-state index >= 15 is 0 Å². The van der Waals surface area contributed by atoms with Crippen LogP contribution in [0.2, 0.25) is 0 Å². The van der Waals surface area contributed by atoms with Gasteiger partial charge in [0.15, 0.2) is 0 Å². The Morgan fingerprint density at radius 1 is 1.39 bits per heavy atom. The van der Waals surface area contributed by atoms with E-state index in [0.717, 1.165) is 29.2 Å². The van der Waals surface area contributed by atoms with Crippen LogP contribution in [0.1, 0.15) is 28.9 Å². The number of nitrogen functional groups attached to an aromatic ring is 1. The zero-order valence-corrected chi connectivity index (χ0v) is 10.2. The van der Waals surface area contributed by atoms with Crippen LogP contribution in [-0.2, 0) is 0 Å². The standard InChI is InChI=1S/C14H15N3O/c1-8-2-5-11(15)10-6-7-16-13(12(8)10)14(18)17-9-3-4-9/h2,5-7,9H,3-4,15H2,1H3,(H,17,18). The first-order chi connectivity index (χ1) is 8.66. The van der Waals surface area contributed by atoms with E-state index in [1.807, 2.05) is 25.1 Å². The lowest BCUT2D eigenvalue weighted by Crippen LogP contribution is -2.26. The molecule has 4 heteroatoms. The molecule has 0 saturated heterocycles. The van der Waals surface area contributed by atoms with Gasteiger partial charge in [0, 0.05) is 28.7 Å². The smallest absolute Gasteiger partial charge is 0.270 e. The Hall–Kier alpha value is -2.10. The van der Waals surface area contributed by atoms with Crippen LogP contribution < -0.4 is 11.1 Å². The number of carbonyl (C=O) groups is 1. The zero-order valence-electron chi connectivity index (χ0n) is 10.2. The molecule has 2 aromatic rings. The fourth-order valence-electron chi connectivity index (χ4n) is 2.14. The van der Waals surface area contributed by atoms with Crippen LogP contribution in [0.15, 0.2) is 24.4 Å². The number of benzene rings is 1. The quantitative estimate of drug-likeness (QED) is 0.790. The number of nitrogens with two attached hydrogens (primary N) is 1. The van der Waals surface area contributed by atoms with Gasteiger partial charge in [-0.3, -0.25) is 9.78 Å². The SMILES string of the molecule is Cc1ccc(N)c2ccnc(C(=O)NC3CC3)c12. The fraction of sp³-hybridized carbons (Fsp3) is 0.286. The van der Waals surface area contributed by atoms with E-state index < -0.39 is 0 Å². The van der Waals surface area contributed by atoms with Crippen molar-refractivity contribution in [1.82, 2.24) is 10.3 Å². The van der Waals surface area contributed by atoms with E-state index in [-0.39, 0.29) is 5.91 Å².